The number of rotatable bonds is 4. The standard InChI is InChI=1S/C20H29N3/c1-2-22-19(17-11-7-4-8-12-17)15-23-18(14-21-20(22)23)13-16-9-5-3-6-10-16/h3,5-6,9-10,17-19H,2,4,7-8,11-15H2,1H3/t18-,19+/m0/s1. The molecule has 1 aromatic carbocycles. The maximum absolute atomic E-state index is 4.94. The van der Waals surface area contributed by atoms with Crippen molar-refractivity contribution < 1.29 is 0 Å². The molecule has 2 heterocycles. The zero-order chi connectivity index (χ0) is 15.6. The molecule has 1 aromatic rings. The monoisotopic (exact) mass is 311 g/mol. The first-order valence-electron chi connectivity index (χ1n) is 9.48. The highest BCUT2D eigenvalue weighted by Gasteiger charge is 2.44. The van der Waals surface area contributed by atoms with Crippen molar-refractivity contribution in [2.75, 3.05) is 19.6 Å². The molecule has 0 spiro atoms. The fourth-order valence-electron chi connectivity index (χ4n) is 4.83. The molecule has 1 aliphatic carbocycles. The van der Waals surface area contributed by atoms with Crippen LogP contribution in [0.25, 0.3) is 0 Å². The fourth-order valence-corrected chi connectivity index (χ4v) is 4.83. The van der Waals surface area contributed by atoms with Gasteiger partial charge in [0.2, 0.25) is 0 Å². The van der Waals surface area contributed by atoms with Crippen molar-refractivity contribution in [3.8, 4) is 0 Å². The summed E-state index contributed by atoms with van der Waals surface area (Å²) in [4.78, 5) is 10.2. The molecule has 124 valence electrons. The van der Waals surface area contributed by atoms with E-state index in [4.69, 9.17) is 4.99 Å². The molecule has 4 rings (SSSR count). The van der Waals surface area contributed by atoms with Crippen molar-refractivity contribution in [1.82, 2.24) is 9.80 Å². The van der Waals surface area contributed by atoms with Gasteiger partial charge in [-0.15, -0.1) is 0 Å². The Morgan fingerprint density at radius 1 is 1.09 bits per heavy atom. The predicted octanol–water partition coefficient (Wildman–Crippen LogP) is 3.55. The number of benzene rings is 1. The zero-order valence-corrected chi connectivity index (χ0v) is 14.3. The first-order chi connectivity index (χ1) is 11.4. The van der Waals surface area contributed by atoms with E-state index in [9.17, 15) is 0 Å². The van der Waals surface area contributed by atoms with Crippen LogP contribution in [-0.2, 0) is 6.42 Å². The minimum Gasteiger partial charge on any atom is -0.338 e. The number of guanidine groups is 1. The lowest BCUT2D eigenvalue weighted by Gasteiger charge is -2.33. The van der Waals surface area contributed by atoms with E-state index in [-0.39, 0.29) is 0 Å². The lowest BCUT2D eigenvalue weighted by Crippen LogP contribution is -2.40. The molecule has 0 unspecified atom stereocenters. The van der Waals surface area contributed by atoms with Gasteiger partial charge in [0.15, 0.2) is 5.96 Å². The van der Waals surface area contributed by atoms with Crippen molar-refractivity contribution in [3.05, 3.63) is 35.9 Å². The highest BCUT2D eigenvalue weighted by atomic mass is 15.5. The third-order valence-electron chi connectivity index (χ3n) is 6.03. The molecule has 23 heavy (non-hydrogen) atoms. The topological polar surface area (TPSA) is 18.8 Å². The van der Waals surface area contributed by atoms with Gasteiger partial charge in [0.05, 0.1) is 18.6 Å². The Morgan fingerprint density at radius 3 is 2.61 bits per heavy atom. The highest BCUT2D eigenvalue weighted by molar-refractivity contribution is 5.84. The van der Waals surface area contributed by atoms with Gasteiger partial charge < -0.3 is 9.80 Å². The predicted molar refractivity (Wildman–Crippen MR) is 95.7 cm³/mol. The van der Waals surface area contributed by atoms with Gasteiger partial charge in [-0.3, -0.25) is 4.99 Å². The van der Waals surface area contributed by atoms with E-state index < -0.39 is 0 Å². The summed E-state index contributed by atoms with van der Waals surface area (Å²) >= 11 is 0. The number of hydrogen-bond acceptors (Lipinski definition) is 3. The average molecular weight is 311 g/mol. The van der Waals surface area contributed by atoms with Crippen LogP contribution in [0, 0.1) is 5.92 Å². The third kappa shape index (κ3) is 2.86. The van der Waals surface area contributed by atoms with E-state index in [1.165, 1.54) is 50.2 Å². The van der Waals surface area contributed by atoms with Crippen molar-refractivity contribution >= 4 is 5.96 Å². The molecule has 0 radical (unpaired) electrons. The van der Waals surface area contributed by atoms with E-state index in [0.717, 1.165) is 25.4 Å². The zero-order valence-electron chi connectivity index (χ0n) is 14.3. The van der Waals surface area contributed by atoms with Gasteiger partial charge in [0.25, 0.3) is 0 Å². The van der Waals surface area contributed by atoms with Crippen molar-refractivity contribution in [2.24, 2.45) is 10.9 Å². The summed E-state index contributed by atoms with van der Waals surface area (Å²) in [7, 11) is 0. The summed E-state index contributed by atoms with van der Waals surface area (Å²) in [5, 5.41) is 0. The number of aliphatic imine (C=N–C) groups is 1. The Labute approximate surface area is 140 Å². The molecule has 2 fully saturated rings. The number of likely N-dealkylation sites (N-methyl/N-ethyl adjacent to an activating group) is 1. The van der Waals surface area contributed by atoms with Gasteiger partial charge >= 0.3 is 0 Å². The first-order valence-corrected chi connectivity index (χ1v) is 9.48. The van der Waals surface area contributed by atoms with Crippen molar-refractivity contribution in [1.29, 1.82) is 0 Å². The second-order valence-electron chi connectivity index (χ2n) is 7.39. The van der Waals surface area contributed by atoms with Crippen molar-refractivity contribution in [2.45, 2.75) is 57.5 Å². The third-order valence-corrected chi connectivity index (χ3v) is 6.03. The molecule has 0 bridgehead atoms. The Balaban J connectivity index is 1.48. The lowest BCUT2D eigenvalue weighted by molar-refractivity contribution is 0.198. The van der Waals surface area contributed by atoms with Crippen LogP contribution in [0.4, 0.5) is 0 Å². The smallest absolute Gasteiger partial charge is 0.197 e. The normalized spacial score (nSPS) is 28.1. The summed E-state index contributed by atoms with van der Waals surface area (Å²) in [6.45, 7) is 5.58. The molecule has 0 amide bonds. The van der Waals surface area contributed by atoms with Crippen LogP contribution in [0.1, 0.15) is 44.6 Å². The SMILES string of the molecule is CCN1C2=NC[C@H](Cc3ccccc3)N2C[C@@H]1C1CCCCC1. The summed E-state index contributed by atoms with van der Waals surface area (Å²) in [5.41, 5.74) is 1.44. The Hall–Kier alpha value is -1.51. The van der Waals surface area contributed by atoms with Gasteiger partial charge in [-0.05, 0) is 37.7 Å². The molecular formula is C20H29N3. The van der Waals surface area contributed by atoms with Crippen molar-refractivity contribution in [3.63, 3.8) is 0 Å². The molecule has 3 nitrogen and oxygen atoms in total. The quantitative estimate of drug-likeness (QED) is 0.847. The maximum Gasteiger partial charge on any atom is 0.197 e. The molecule has 2 atom stereocenters. The first kappa shape index (κ1) is 15.0. The maximum atomic E-state index is 4.94. The van der Waals surface area contributed by atoms with Crippen LogP contribution in [0.2, 0.25) is 0 Å². The van der Waals surface area contributed by atoms with Crippen LogP contribution in [-0.4, -0.2) is 47.5 Å². The molecule has 0 aromatic heterocycles. The molecule has 3 aliphatic rings. The number of fused-ring (bicyclic) bond motifs is 1. The fraction of sp³-hybridized carbons (Fsp3) is 0.650. The second kappa shape index (κ2) is 6.54. The Bertz CT molecular complexity index is 547. The minimum absolute atomic E-state index is 0.565. The van der Waals surface area contributed by atoms with Crippen LogP contribution in [0.15, 0.2) is 35.3 Å². The second-order valence-corrected chi connectivity index (χ2v) is 7.39. The van der Waals surface area contributed by atoms with Gasteiger partial charge in [0.1, 0.15) is 0 Å². The minimum atomic E-state index is 0.565. The van der Waals surface area contributed by atoms with Gasteiger partial charge in [0, 0.05) is 13.1 Å². The van der Waals surface area contributed by atoms with Gasteiger partial charge in [-0.1, -0.05) is 49.6 Å². The van der Waals surface area contributed by atoms with Crippen LogP contribution >= 0.6 is 0 Å². The summed E-state index contributed by atoms with van der Waals surface area (Å²) < 4.78 is 0. The van der Waals surface area contributed by atoms with Crippen LogP contribution in [0.3, 0.4) is 0 Å². The highest BCUT2D eigenvalue weighted by Crippen LogP contribution is 2.35. The van der Waals surface area contributed by atoms with Gasteiger partial charge in [-0.2, -0.15) is 0 Å². The summed E-state index contributed by atoms with van der Waals surface area (Å²) in [6, 6.07) is 12.2. The van der Waals surface area contributed by atoms with E-state index in [2.05, 4.69) is 47.1 Å². The van der Waals surface area contributed by atoms with E-state index >= 15 is 0 Å². The lowest BCUT2D eigenvalue weighted by atomic mass is 9.83. The Kier molecular flexibility index (Phi) is 4.28. The van der Waals surface area contributed by atoms with Crippen LogP contribution < -0.4 is 0 Å². The molecule has 3 heteroatoms. The molecule has 0 N–H and O–H groups in total. The number of nitrogens with zero attached hydrogens (tertiary/aromatic N) is 3. The largest absolute Gasteiger partial charge is 0.338 e. The Morgan fingerprint density at radius 2 is 1.87 bits per heavy atom. The van der Waals surface area contributed by atoms with E-state index in [0.29, 0.717) is 12.1 Å². The molecule has 1 saturated carbocycles. The number of hydrogen-bond donors (Lipinski definition) is 0. The van der Waals surface area contributed by atoms with Gasteiger partial charge in [-0.25, -0.2) is 0 Å². The summed E-state index contributed by atoms with van der Waals surface area (Å²) in [5.74, 6) is 2.18. The van der Waals surface area contributed by atoms with Crippen LogP contribution in [0.5, 0.6) is 0 Å². The average Bonchev–Trinajstić information content (AvgIpc) is 3.16. The molecular weight excluding hydrogens is 282 g/mol. The summed E-state index contributed by atoms with van der Waals surface area (Å²) in [6.07, 6.45) is 8.27. The molecule has 2 aliphatic heterocycles. The van der Waals surface area contributed by atoms with E-state index in [1.807, 2.05) is 0 Å². The molecule has 1 saturated heterocycles. The van der Waals surface area contributed by atoms with E-state index in [1.54, 1.807) is 0 Å².